The van der Waals surface area contributed by atoms with Crippen LogP contribution in [0.5, 0.6) is 0 Å². The molecule has 0 saturated carbocycles. The molecule has 2 aromatic carbocycles. The van der Waals surface area contributed by atoms with Gasteiger partial charge < -0.3 is 20.4 Å². The van der Waals surface area contributed by atoms with Crippen LogP contribution in [0.3, 0.4) is 0 Å². The van der Waals surface area contributed by atoms with E-state index in [1.165, 1.54) is 12.1 Å². The molecule has 2 heterocycles. The van der Waals surface area contributed by atoms with Gasteiger partial charge >= 0.3 is 6.09 Å². The third-order valence-electron chi connectivity index (χ3n) is 4.91. The second-order valence-electron chi connectivity index (χ2n) is 7.10. The lowest BCUT2D eigenvalue weighted by molar-refractivity contribution is 0.178. The lowest BCUT2D eigenvalue weighted by Crippen LogP contribution is -2.45. The molecule has 0 aliphatic rings. The first-order chi connectivity index (χ1) is 13.8. The Bertz CT molecular complexity index is 1190. The molecule has 1 amide bonds. The van der Waals surface area contributed by atoms with Gasteiger partial charge in [0.05, 0.1) is 11.9 Å². The molecule has 0 aliphatic carbocycles. The molecule has 148 valence electrons. The number of nitrogens with zero attached hydrogens (tertiary/aromatic N) is 1. The summed E-state index contributed by atoms with van der Waals surface area (Å²) in [4.78, 5) is 22.3. The van der Waals surface area contributed by atoms with E-state index in [9.17, 15) is 14.3 Å². The molecule has 0 unspecified atom stereocenters. The zero-order valence-electron chi connectivity index (χ0n) is 15.5. The van der Waals surface area contributed by atoms with Crippen LogP contribution in [0.2, 0.25) is 5.02 Å². The van der Waals surface area contributed by atoms with Crippen molar-refractivity contribution in [3.8, 4) is 11.3 Å². The molecule has 8 heteroatoms. The van der Waals surface area contributed by atoms with Gasteiger partial charge in [-0.2, -0.15) is 0 Å². The zero-order chi connectivity index (χ0) is 20.6. The first-order valence-corrected chi connectivity index (χ1v) is 9.30. The smallest absolute Gasteiger partial charge is 0.405 e. The molecule has 0 aliphatic heterocycles. The molecule has 0 spiro atoms. The van der Waals surface area contributed by atoms with E-state index in [1.807, 2.05) is 18.3 Å². The Kier molecular flexibility index (Phi) is 4.76. The standard InChI is InChI=1S/C21H18ClFN4O2/c1-21(27-20(28)29,9-13-10-24-17-8-14(22)4-7-16(13)17)19-25-11-18(26-19)12-2-5-15(23)6-3-12/h2-8,10-11,24,27H,9H2,1H3,(H,25,26)(H,28,29)/t21-/m0/s1. The predicted molar refractivity (Wildman–Crippen MR) is 110 cm³/mol. The zero-order valence-corrected chi connectivity index (χ0v) is 16.2. The monoisotopic (exact) mass is 412 g/mol. The molecule has 2 aromatic heterocycles. The maximum atomic E-state index is 13.2. The summed E-state index contributed by atoms with van der Waals surface area (Å²) in [5, 5.41) is 13.6. The Balaban J connectivity index is 1.71. The number of carbonyl (C=O) groups is 1. The van der Waals surface area contributed by atoms with E-state index in [-0.39, 0.29) is 5.82 Å². The van der Waals surface area contributed by atoms with E-state index in [0.717, 1.165) is 22.0 Å². The minimum atomic E-state index is -1.16. The van der Waals surface area contributed by atoms with Crippen molar-refractivity contribution in [3.05, 3.63) is 77.1 Å². The number of fused-ring (bicyclic) bond motifs is 1. The number of H-pyrrole nitrogens is 2. The van der Waals surface area contributed by atoms with Gasteiger partial charge in [0.2, 0.25) is 0 Å². The highest BCUT2D eigenvalue weighted by Crippen LogP contribution is 2.30. The summed E-state index contributed by atoms with van der Waals surface area (Å²) in [6, 6.07) is 11.5. The van der Waals surface area contributed by atoms with E-state index in [2.05, 4.69) is 20.3 Å². The van der Waals surface area contributed by atoms with Crippen LogP contribution in [-0.4, -0.2) is 26.2 Å². The van der Waals surface area contributed by atoms with E-state index in [1.54, 1.807) is 31.3 Å². The van der Waals surface area contributed by atoms with Crippen LogP contribution in [0.1, 0.15) is 18.3 Å². The molecule has 0 bridgehead atoms. The van der Waals surface area contributed by atoms with Gasteiger partial charge in [0, 0.05) is 28.5 Å². The quantitative estimate of drug-likeness (QED) is 0.368. The van der Waals surface area contributed by atoms with Crippen molar-refractivity contribution in [2.45, 2.75) is 18.9 Å². The number of carboxylic acid groups (broad SMARTS) is 1. The van der Waals surface area contributed by atoms with Crippen LogP contribution < -0.4 is 5.32 Å². The topological polar surface area (TPSA) is 93.8 Å². The molecule has 4 aromatic rings. The van der Waals surface area contributed by atoms with Crippen molar-refractivity contribution in [2.75, 3.05) is 0 Å². The second-order valence-corrected chi connectivity index (χ2v) is 7.53. The van der Waals surface area contributed by atoms with Crippen molar-refractivity contribution in [1.82, 2.24) is 20.3 Å². The molecule has 4 rings (SSSR count). The van der Waals surface area contributed by atoms with Crippen LogP contribution >= 0.6 is 11.6 Å². The third-order valence-corrected chi connectivity index (χ3v) is 5.15. The van der Waals surface area contributed by atoms with Gasteiger partial charge in [0.15, 0.2) is 0 Å². The molecule has 1 atom stereocenters. The van der Waals surface area contributed by atoms with Crippen molar-refractivity contribution in [3.63, 3.8) is 0 Å². The highest BCUT2D eigenvalue weighted by atomic mass is 35.5. The Morgan fingerprint density at radius 2 is 2.03 bits per heavy atom. The van der Waals surface area contributed by atoms with Crippen LogP contribution in [-0.2, 0) is 12.0 Å². The van der Waals surface area contributed by atoms with E-state index in [4.69, 9.17) is 11.6 Å². The lowest BCUT2D eigenvalue weighted by Gasteiger charge is -2.27. The average molecular weight is 413 g/mol. The average Bonchev–Trinajstić information content (AvgIpc) is 3.30. The van der Waals surface area contributed by atoms with Crippen molar-refractivity contribution >= 4 is 28.6 Å². The molecule has 0 saturated heterocycles. The van der Waals surface area contributed by atoms with Gasteiger partial charge in [-0.1, -0.05) is 17.7 Å². The Morgan fingerprint density at radius 1 is 1.28 bits per heavy atom. The van der Waals surface area contributed by atoms with Gasteiger partial charge in [0.1, 0.15) is 17.2 Å². The number of rotatable bonds is 5. The van der Waals surface area contributed by atoms with Gasteiger partial charge in [-0.05, 0) is 54.4 Å². The van der Waals surface area contributed by atoms with Gasteiger partial charge in [-0.25, -0.2) is 14.2 Å². The lowest BCUT2D eigenvalue weighted by atomic mass is 9.91. The molecule has 6 nitrogen and oxygen atoms in total. The number of aromatic amines is 2. The summed E-state index contributed by atoms with van der Waals surface area (Å²) in [5.74, 6) is 0.132. The minimum Gasteiger partial charge on any atom is -0.465 e. The Hall–Kier alpha value is -3.32. The van der Waals surface area contributed by atoms with Gasteiger partial charge in [0.25, 0.3) is 0 Å². The molecular weight excluding hydrogens is 395 g/mol. The summed E-state index contributed by atoms with van der Waals surface area (Å²) in [7, 11) is 0. The van der Waals surface area contributed by atoms with Crippen molar-refractivity contribution in [1.29, 1.82) is 0 Å². The predicted octanol–water partition coefficient (Wildman–Crippen LogP) is 5.08. The van der Waals surface area contributed by atoms with Crippen molar-refractivity contribution < 1.29 is 14.3 Å². The minimum absolute atomic E-state index is 0.328. The van der Waals surface area contributed by atoms with Crippen LogP contribution in [0.4, 0.5) is 9.18 Å². The summed E-state index contributed by atoms with van der Waals surface area (Å²) in [5.41, 5.74) is 2.21. The van der Waals surface area contributed by atoms with Crippen LogP contribution in [0.25, 0.3) is 22.2 Å². The second kappa shape index (κ2) is 7.25. The van der Waals surface area contributed by atoms with E-state index < -0.39 is 11.6 Å². The number of aromatic nitrogens is 3. The molecular formula is C21H18ClFN4O2. The third kappa shape index (κ3) is 3.82. The summed E-state index contributed by atoms with van der Waals surface area (Å²) < 4.78 is 13.2. The molecule has 0 radical (unpaired) electrons. The largest absolute Gasteiger partial charge is 0.465 e. The van der Waals surface area contributed by atoms with Crippen LogP contribution in [0, 0.1) is 5.82 Å². The highest BCUT2D eigenvalue weighted by molar-refractivity contribution is 6.31. The number of hydrogen-bond donors (Lipinski definition) is 4. The van der Waals surface area contributed by atoms with E-state index >= 15 is 0 Å². The fourth-order valence-corrected chi connectivity index (χ4v) is 3.66. The Labute approximate surface area is 170 Å². The Morgan fingerprint density at radius 3 is 2.76 bits per heavy atom. The maximum Gasteiger partial charge on any atom is 0.405 e. The van der Waals surface area contributed by atoms with E-state index in [0.29, 0.717) is 23.0 Å². The fraction of sp³-hybridized carbons (Fsp3) is 0.143. The summed E-state index contributed by atoms with van der Waals surface area (Å²) >= 11 is 6.05. The maximum absolute atomic E-state index is 13.2. The number of imidazole rings is 1. The number of benzene rings is 2. The van der Waals surface area contributed by atoms with Crippen molar-refractivity contribution in [2.24, 2.45) is 0 Å². The first-order valence-electron chi connectivity index (χ1n) is 8.92. The molecule has 4 N–H and O–H groups in total. The normalized spacial score (nSPS) is 13.3. The highest BCUT2D eigenvalue weighted by Gasteiger charge is 2.33. The first kappa shape index (κ1) is 19.0. The summed E-state index contributed by atoms with van der Waals surface area (Å²) in [6.07, 6.45) is 2.65. The SMILES string of the molecule is C[C@@](Cc1c[nH]c2cc(Cl)ccc12)(NC(=O)O)c1ncc(-c2ccc(F)cc2)[nH]1. The van der Waals surface area contributed by atoms with Crippen LogP contribution in [0.15, 0.2) is 54.9 Å². The number of hydrogen-bond acceptors (Lipinski definition) is 2. The number of amides is 1. The summed E-state index contributed by atoms with van der Waals surface area (Å²) in [6.45, 7) is 1.77. The number of nitrogens with one attached hydrogen (secondary N) is 3. The number of halogens is 2. The molecule has 0 fully saturated rings. The molecule has 29 heavy (non-hydrogen) atoms. The van der Waals surface area contributed by atoms with Gasteiger partial charge in [-0.3, -0.25) is 0 Å². The van der Waals surface area contributed by atoms with Gasteiger partial charge in [-0.15, -0.1) is 0 Å². The fourth-order valence-electron chi connectivity index (χ4n) is 3.49.